The Balaban J connectivity index is 1.53. The van der Waals surface area contributed by atoms with Gasteiger partial charge < -0.3 is 21.1 Å². The van der Waals surface area contributed by atoms with Crippen molar-refractivity contribution in [1.29, 1.82) is 5.41 Å². The number of amides is 2. The number of carbonyl (C=O) groups is 2. The van der Waals surface area contributed by atoms with Crippen molar-refractivity contribution < 1.29 is 14.3 Å². The molecule has 162 valence electrons. The minimum absolute atomic E-state index is 0.00610. The van der Waals surface area contributed by atoms with E-state index in [-0.39, 0.29) is 23.1 Å². The van der Waals surface area contributed by atoms with E-state index in [4.69, 9.17) is 15.9 Å². The number of aromatic nitrogens is 2. The van der Waals surface area contributed by atoms with Gasteiger partial charge in [0.2, 0.25) is 11.8 Å². The molecule has 0 atom stereocenters. The van der Waals surface area contributed by atoms with Gasteiger partial charge in [0.1, 0.15) is 5.71 Å². The molecule has 2 aromatic heterocycles. The molecule has 1 fully saturated rings. The Morgan fingerprint density at radius 1 is 1.03 bits per heavy atom. The third-order valence-electron chi connectivity index (χ3n) is 5.04. The van der Waals surface area contributed by atoms with Crippen molar-refractivity contribution >= 4 is 34.6 Å². The number of hydrogen-bond acceptors (Lipinski definition) is 7. The number of nitrogen functional groups attached to an aromatic ring is 1. The first-order valence-electron chi connectivity index (χ1n) is 10.0. The van der Waals surface area contributed by atoms with Crippen LogP contribution < -0.4 is 21.1 Å². The highest BCUT2D eigenvalue weighted by Gasteiger charge is 2.29. The van der Waals surface area contributed by atoms with E-state index in [2.05, 4.69) is 20.6 Å². The van der Waals surface area contributed by atoms with Gasteiger partial charge in [0, 0.05) is 35.0 Å². The predicted molar refractivity (Wildman–Crippen MR) is 122 cm³/mol. The van der Waals surface area contributed by atoms with Gasteiger partial charge in [0.25, 0.3) is 5.91 Å². The molecule has 9 heteroatoms. The summed E-state index contributed by atoms with van der Waals surface area (Å²) in [4.78, 5) is 32.9. The average Bonchev–Trinajstić information content (AvgIpc) is 3.65. The Bertz CT molecular complexity index is 1190. The maximum Gasteiger partial charge on any atom is 0.274 e. The topological polar surface area (TPSA) is 143 Å². The largest absolute Gasteiger partial charge is 0.481 e. The third-order valence-corrected chi connectivity index (χ3v) is 5.04. The molecule has 1 aliphatic rings. The first-order valence-corrected chi connectivity index (χ1v) is 10.0. The number of rotatable bonds is 7. The number of nitrogens with two attached hydrogens (primary N) is 1. The number of hydrogen-bond donors (Lipinski definition) is 4. The molecule has 2 amide bonds. The normalized spacial score (nSPS) is 12.7. The van der Waals surface area contributed by atoms with E-state index in [0.29, 0.717) is 28.5 Å². The fourth-order valence-electron chi connectivity index (χ4n) is 3.10. The van der Waals surface area contributed by atoms with Crippen molar-refractivity contribution in [3.8, 4) is 17.0 Å². The quantitative estimate of drug-likeness (QED) is 0.335. The molecular weight excluding hydrogens is 408 g/mol. The summed E-state index contributed by atoms with van der Waals surface area (Å²) in [6.07, 6.45) is 6.50. The van der Waals surface area contributed by atoms with Crippen LogP contribution in [0.3, 0.4) is 0 Å². The van der Waals surface area contributed by atoms with Gasteiger partial charge in [-0.2, -0.15) is 0 Å². The van der Waals surface area contributed by atoms with E-state index in [9.17, 15) is 9.59 Å². The Kier molecular flexibility index (Phi) is 5.80. The summed E-state index contributed by atoms with van der Waals surface area (Å²) in [5.74, 6) is -0.126. The smallest absolute Gasteiger partial charge is 0.274 e. The van der Waals surface area contributed by atoms with Crippen molar-refractivity contribution in [2.24, 2.45) is 5.92 Å². The minimum Gasteiger partial charge on any atom is -0.481 e. The van der Waals surface area contributed by atoms with Crippen LogP contribution in [0, 0.1) is 11.3 Å². The minimum atomic E-state index is -0.621. The third kappa shape index (κ3) is 4.72. The zero-order valence-corrected chi connectivity index (χ0v) is 17.4. The fourth-order valence-corrected chi connectivity index (χ4v) is 3.10. The number of carbonyl (C=O) groups excluding carboxylic acids is 2. The van der Waals surface area contributed by atoms with Crippen LogP contribution in [0.5, 0.6) is 5.88 Å². The Morgan fingerprint density at radius 2 is 1.84 bits per heavy atom. The zero-order chi connectivity index (χ0) is 22.7. The van der Waals surface area contributed by atoms with Gasteiger partial charge in [0.05, 0.1) is 30.9 Å². The molecule has 0 bridgehead atoms. The Hall–Kier alpha value is -4.27. The Labute approximate surface area is 184 Å². The summed E-state index contributed by atoms with van der Waals surface area (Å²) in [6.45, 7) is 0. The molecule has 3 aromatic rings. The van der Waals surface area contributed by atoms with Crippen molar-refractivity contribution in [2.75, 3.05) is 23.5 Å². The highest BCUT2D eigenvalue weighted by Crippen LogP contribution is 2.31. The van der Waals surface area contributed by atoms with Crippen molar-refractivity contribution in [3.63, 3.8) is 0 Å². The lowest BCUT2D eigenvalue weighted by molar-refractivity contribution is -0.117. The van der Waals surface area contributed by atoms with Crippen LogP contribution in [0.1, 0.15) is 18.4 Å². The maximum absolute atomic E-state index is 12.6. The summed E-state index contributed by atoms with van der Waals surface area (Å²) >= 11 is 0. The highest BCUT2D eigenvalue weighted by atomic mass is 16.5. The number of ether oxygens (including phenoxy) is 1. The summed E-state index contributed by atoms with van der Waals surface area (Å²) in [6, 6.07) is 10.1. The summed E-state index contributed by atoms with van der Waals surface area (Å²) in [7, 11) is 1.50. The molecule has 1 aromatic carbocycles. The lowest BCUT2D eigenvalue weighted by Gasteiger charge is -2.12. The van der Waals surface area contributed by atoms with Crippen LogP contribution in [-0.4, -0.2) is 34.6 Å². The van der Waals surface area contributed by atoms with Gasteiger partial charge in [-0.1, -0.05) is 6.07 Å². The highest BCUT2D eigenvalue weighted by molar-refractivity contribution is 6.48. The monoisotopic (exact) mass is 430 g/mol. The van der Waals surface area contributed by atoms with E-state index in [0.717, 1.165) is 18.4 Å². The van der Waals surface area contributed by atoms with Crippen LogP contribution in [-0.2, 0) is 9.59 Å². The van der Waals surface area contributed by atoms with E-state index in [1.807, 2.05) is 0 Å². The molecule has 0 radical (unpaired) electrons. The summed E-state index contributed by atoms with van der Waals surface area (Å²) < 4.78 is 5.00. The van der Waals surface area contributed by atoms with Crippen LogP contribution in [0.25, 0.3) is 11.1 Å². The number of nitrogens with one attached hydrogen (secondary N) is 3. The maximum atomic E-state index is 12.6. The molecule has 4 rings (SSSR count). The molecule has 32 heavy (non-hydrogen) atoms. The van der Waals surface area contributed by atoms with Gasteiger partial charge in [-0.15, -0.1) is 0 Å². The molecule has 0 unspecified atom stereocenters. The second-order valence-electron chi connectivity index (χ2n) is 7.45. The van der Waals surface area contributed by atoms with Gasteiger partial charge >= 0.3 is 0 Å². The van der Waals surface area contributed by atoms with Crippen LogP contribution >= 0.6 is 0 Å². The molecule has 2 heterocycles. The molecular formula is C23H22N6O3. The average molecular weight is 430 g/mol. The van der Waals surface area contributed by atoms with Gasteiger partial charge in [-0.25, -0.2) is 4.98 Å². The van der Waals surface area contributed by atoms with Gasteiger partial charge in [-0.3, -0.25) is 20.0 Å². The van der Waals surface area contributed by atoms with E-state index in [1.54, 1.807) is 48.8 Å². The number of benzene rings is 1. The zero-order valence-electron chi connectivity index (χ0n) is 17.4. The number of anilines is 3. The molecule has 0 saturated heterocycles. The van der Waals surface area contributed by atoms with Crippen molar-refractivity contribution in [3.05, 3.63) is 60.6 Å². The molecule has 9 nitrogen and oxygen atoms in total. The molecule has 0 spiro atoms. The van der Waals surface area contributed by atoms with Crippen molar-refractivity contribution in [1.82, 2.24) is 9.97 Å². The van der Waals surface area contributed by atoms with Gasteiger partial charge in [0.15, 0.2) is 0 Å². The first-order chi connectivity index (χ1) is 15.4. The van der Waals surface area contributed by atoms with Gasteiger partial charge in [-0.05, 0) is 42.7 Å². The SMILES string of the molecule is COc1ccc(NC(=O)C(=N)c2cc(-c3cncc(NC(=O)C4CC4)c3)ccc2N)cn1. The van der Waals surface area contributed by atoms with E-state index < -0.39 is 5.91 Å². The molecule has 0 aliphatic heterocycles. The number of pyridine rings is 2. The molecule has 1 aliphatic carbocycles. The van der Waals surface area contributed by atoms with E-state index >= 15 is 0 Å². The van der Waals surface area contributed by atoms with Crippen LogP contribution in [0.15, 0.2) is 55.0 Å². The molecule has 1 saturated carbocycles. The lowest BCUT2D eigenvalue weighted by Crippen LogP contribution is -2.24. The summed E-state index contributed by atoms with van der Waals surface area (Å²) in [5.41, 5.74) is 8.82. The summed E-state index contributed by atoms with van der Waals surface area (Å²) in [5, 5.41) is 13.8. The van der Waals surface area contributed by atoms with Crippen molar-refractivity contribution in [2.45, 2.75) is 12.8 Å². The second kappa shape index (κ2) is 8.84. The molecule has 5 N–H and O–H groups in total. The first kappa shape index (κ1) is 21.0. The van der Waals surface area contributed by atoms with E-state index in [1.165, 1.54) is 13.3 Å². The number of methoxy groups -OCH3 is 1. The predicted octanol–water partition coefficient (Wildman–Crippen LogP) is 3.09. The van der Waals surface area contributed by atoms with Crippen LogP contribution in [0.4, 0.5) is 17.1 Å². The second-order valence-corrected chi connectivity index (χ2v) is 7.45. The standard InChI is InChI=1S/C23H22N6O3/c1-32-20-7-5-16(12-27-20)28-23(31)21(25)18-9-14(4-6-19(18)24)15-8-17(11-26-10-15)29-22(30)13-2-3-13/h4-13,25H,2-3,24H2,1H3,(H,28,31)(H,29,30). The lowest BCUT2D eigenvalue weighted by atomic mass is 10.00. The van der Waals surface area contributed by atoms with Crippen LogP contribution in [0.2, 0.25) is 0 Å². The fraction of sp³-hybridized carbons (Fsp3) is 0.174. The Morgan fingerprint density at radius 3 is 2.53 bits per heavy atom. The number of nitrogens with zero attached hydrogens (tertiary/aromatic N) is 2.